The van der Waals surface area contributed by atoms with Gasteiger partial charge in [0.25, 0.3) is 0 Å². The molecule has 3 rings (SSSR count). The molecule has 0 amide bonds. The van der Waals surface area contributed by atoms with Gasteiger partial charge < -0.3 is 9.67 Å². The maximum absolute atomic E-state index is 11.1. The zero-order valence-electron chi connectivity index (χ0n) is 12.7. The van der Waals surface area contributed by atoms with Crippen molar-refractivity contribution >= 4 is 17.4 Å². The van der Waals surface area contributed by atoms with Gasteiger partial charge in [-0.1, -0.05) is 12.1 Å². The Labute approximate surface area is 141 Å². The van der Waals surface area contributed by atoms with E-state index in [1.165, 1.54) is 18.3 Å². The van der Waals surface area contributed by atoms with E-state index in [1.54, 1.807) is 28.8 Å². The molecule has 0 aliphatic carbocycles. The first-order chi connectivity index (χ1) is 11.6. The van der Waals surface area contributed by atoms with Crippen LogP contribution in [0, 0.1) is 10.1 Å². The minimum absolute atomic E-state index is 0.0859. The van der Waals surface area contributed by atoms with E-state index < -0.39 is 4.92 Å². The van der Waals surface area contributed by atoms with Crippen LogP contribution in [0.3, 0.4) is 0 Å². The van der Waals surface area contributed by atoms with Gasteiger partial charge in [0.2, 0.25) is 0 Å². The summed E-state index contributed by atoms with van der Waals surface area (Å²) in [5, 5.41) is 30.1. The van der Waals surface area contributed by atoms with Crippen LogP contribution in [0.25, 0.3) is 11.4 Å². The van der Waals surface area contributed by atoms with E-state index in [1.807, 2.05) is 6.92 Å². The van der Waals surface area contributed by atoms with Gasteiger partial charge in [-0.3, -0.25) is 10.1 Å². The van der Waals surface area contributed by atoms with Gasteiger partial charge in [0, 0.05) is 18.8 Å². The molecule has 0 bridgehead atoms. The number of phenols is 1. The number of benzene rings is 1. The molecule has 2 aromatic heterocycles. The summed E-state index contributed by atoms with van der Waals surface area (Å²) < 4.78 is 1.78. The van der Waals surface area contributed by atoms with Crippen molar-refractivity contribution in [3.05, 3.63) is 52.7 Å². The number of hydrogen-bond donors (Lipinski definition) is 1. The minimum Gasteiger partial charge on any atom is -0.507 e. The van der Waals surface area contributed by atoms with Crippen molar-refractivity contribution in [2.24, 2.45) is 0 Å². The first-order valence-corrected chi connectivity index (χ1v) is 7.92. The number of hydrogen-bond acceptors (Lipinski definition) is 7. The monoisotopic (exact) mass is 343 g/mol. The molecule has 0 saturated heterocycles. The Kier molecular flexibility index (Phi) is 4.43. The van der Waals surface area contributed by atoms with Crippen LogP contribution in [-0.4, -0.2) is 29.8 Å². The fraction of sp³-hybridized carbons (Fsp3) is 0.133. The largest absolute Gasteiger partial charge is 0.507 e. The molecule has 1 aromatic carbocycles. The van der Waals surface area contributed by atoms with Crippen LogP contribution in [0.15, 0.2) is 52.8 Å². The fourth-order valence-corrected chi connectivity index (χ4v) is 3.14. The first-order valence-electron chi connectivity index (χ1n) is 7.10. The summed E-state index contributed by atoms with van der Waals surface area (Å²) in [6, 6.07) is 9.73. The standard InChI is InChI=1S/C15H13N5O3S/c1-2-19-13(10-6-3-4-8-12(10)21)17-18-15(19)24-14-11(20(22)23)7-5-9-16-14/h3-9,21H,2H2,1H3. The average molecular weight is 343 g/mol. The van der Waals surface area contributed by atoms with Crippen molar-refractivity contribution in [1.29, 1.82) is 0 Å². The molecule has 0 unspecified atom stereocenters. The normalized spacial score (nSPS) is 10.7. The Morgan fingerprint density at radius 2 is 2.04 bits per heavy atom. The molecule has 2 heterocycles. The number of aromatic nitrogens is 4. The van der Waals surface area contributed by atoms with E-state index in [-0.39, 0.29) is 16.5 Å². The molecule has 9 heteroatoms. The number of pyridine rings is 1. The molecule has 24 heavy (non-hydrogen) atoms. The smallest absolute Gasteiger partial charge is 0.301 e. The van der Waals surface area contributed by atoms with E-state index in [4.69, 9.17) is 0 Å². The van der Waals surface area contributed by atoms with Crippen LogP contribution in [0.2, 0.25) is 0 Å². The third kappa shape index (κ3) is 2.93. The molecule has 0 atom stereocenters. The maximum Gasteiger partial charge on any atom is 0.301 e. The van der Waals surface area contributed by atoms with E-state index >= 15 is 0 Å². The summed E-state index contributed by atoms with van der Waals surface area (Å²) in [4.78, 5) is 14.7. The Morgan fingerprint density at radius 1 is 1.25 bits per heavy atom. The van der Waals surface area contributed by atoms with E-state index in [0.29, 0.717) is 23.1 Å². The molecular weight excluding hydrogens is 330 g/mol. The lowest BCUT2D eigenvalue weighted by Gasteiger charge is -2.08. The summed E-state index contributed by atoms with van der Waals surface area (Å²) in [5.74, 6) is 0.594. The highest BCUT2D eigenvalue weighted by Gasteiger charge is 2.21. The van der Waals surface area contributed by atoms with Crippen molar-refractivity contribution in [2.75, 3.05) is 0 Å². The van der Waals surface area contributed by atoms with Gasteiger partial charge in [-0.05, 0) is 36.9 Å². The van der Waals surface area contributed by atoms with Gasteiger partial charge in [0.1, 0.15) is 5.75 Å². The van der Waals surface area contributed by atoms with Gasteiger partial charge >= 0.3 is 5.69 Å². The second-order valence-electron chi connectivity index (χ2n) is 4.75. The summed E-state index contributed by atoms with van der Waals surface area (Å²) in [6.07, 6.45) is 1.49. The zero-order valence-corrected chi connectivity index (χ0v) is 13.5. The highest BCUT2D eigenvalue weighted by atomic mass is 32.2. The van der Waals surface area contributed by atoms with Crippen molar-refractivity contribution in [3.63, 3.8) is 0 Å². The molecule has 0 radical (unpaired) electrons. The molecule has 1 N–H and O–H groups in total. The first kappa shape index (κ1) is 15.9. The van der Waals surface area contributed by atoms with Gasteiger partial charge in [0.05, 0.1) is 10.5 Å². The van der Waals surface area contributed by atoms with Crippen molar-refractivity contribution in [1.82, 2.24) is 19.7 Å². The highest BCUT2D eigenvalue weighted by molar-refractivity contribution is 7.99. The minimum atomic E-state index is -0.480. The molecule has 0 spiro atoms. The van der Waals surface area contributed by atoms with Crippen molar-refractivity contribution in [3.8, 4) is 17.1 Å². The van der Waals surface area contributed by atoms with Gasteiger partial charge in [-0.2, -0.15) is 0 Å². The number of nitro groups is 1. The Bertz CT molecular complexity index is 896. The van der Waals surface area contributed by atoms with Gasteiger partial charge in [-0.15, -0.1) is 10.2 Å². The summed E-state index contributed by atoms with van der Waals surface area (Å²) in [7, 11) is 0. The number of nitrogens with zero attached hydrogens (tertiary/aromatic N) is 5. The Balaban J connectivity index is 2.03. The Hall–Kier alpha value is -2.94. The number of rotatable bonds is 5. The quantitative estimate of drug-likeness (QED) is 0.560. The summed E-state index contributed by atoms with van der Waals surface area (Å²) in [5.41, 5.74) is 0.464. The van der Waals surface area contributed by atoms with Crippen LogP contribution in [0.5, 0.6) is 5.75 Å². The molecule has 0 aliphatic rings. The van der Waals surface area contributed by atoms with Crippen LogP contribution in [0.1, 0.15) is 6.92 Å². The lowest BCUT2D eigenvalue weighted by atomic mass is 10.2. The second-order valence-corrected chi connectivity index (χ2v) is 5.71. The summed E-state index contributed by atoms with van der Waals surface area (Å²) >= 11 is 1.07. The van der Waals surface area contributed by atoms with Crippen LogP contribution >= 0.6 is 11.8 Å². The number of aromatic hydroxyl groups is 1. The van der Waals surface area contributed by atoms with Crippen molar-refractivity contribution < 1.29 is 10.0 Å². The molecule has 0 fully saturated rings. The zero-order chi connectivity index (χ0) is 17.1. The maximum atomic E-state index is 11.1. The predicted octanol–water partition coefficient (Wildman–Crippen LogP) is 3.13. The van der Waals surface area contributed by atoms with Crippen LogP contribution in [-0.2, 0) is 6.54 Å². The molecule has 8 nitrogen and oxygen atoms in total. The van der Waals surface area contributed by atoms with E-state index in [2.05, 4.69) is 15.2 Å². The van der Waals surface area contributed by atoms with Crippen LogP contribution < -0.4 is 0 Å². The second kappa shape index (κ2) is 6.67. The van der Waals surface area contributed by atoms with Gasteiger partial charge in [-0.25, -0.2) is 4.98 Å². The molecular formula is C15H13N5O3S. The third-order valence-electron chi connectivity index (χ3n) is 3.31. The fourth-order valence-electron chi connectivity index (χ4n) is 2.20. The third-order valence-corrected chi connectivity index (χ3v) is 4.31. The lowest BCUT2D eigenvalue weighted by molar-refractivity contribution is -0.388. The Morgan fingerprint density at radius 3 is 2.75 bits per heavy atom. The van der Waals surface area contributed by atoms with Gasteiger partial charge in [0.15, 0.2) is 16.0 Å². The molecule has 0 saturated carbocycles. The van der Waals surface area contributed by atoms with Crippen molar-refractivity contribution in [2.45, 2.75) is 23.7 Å². The van der Waals surface area contributed by atoms with E-state index in [0.717, 1.165) is 11.8 Å². The summed E-state index contributed by atoms with van der Waals surface area (Å²) in [6.45, 7) is 2.45. The average Bonchev–Trinajstić information content (AvgIpc) is 2.98. The van der Waals surface area contributed by atoms with E-state index in [9.17, 15) is 15.2 Å². The SMILES string of the molecule is CCn1c(Sc2ncccc2[N+](=O)[O-])nnc1-c1ccccc1O. The molecule has 122 valence electrons. The lowest BCUT2D eigenvalue weighted by Crippen LogP contribution is -2.00. The molecule has 3 aromatic rings. The van der Waals surface area contributed by atoms with Crippen LogP contribution in [0.4, 0.5) is 5.69 Å². The number of para-hydroxylation sites is 1. The molecule has 0 aliphatic heterocycles. The number of phenolic OH excluding ortho intramolecular Hbond substituents is 1. The highest BCUT2D eigenvalue weighted by Crippen LogP contribution is 2.35. The predicted molar refractivity (Wildman–Crippen MR) is 87.8 cm³/mol. The topological polar surface area (TPSA) is 107 Å².